The highest BCUT2D eigenvalue weighted by Crippen LogP contribution is 2.32. The molecule has 0 bridgehead atoms. The van der Waals surface area contributed by atoms with E-state index >= 15 is 0 Å². The van der Waals surface area contributed by atoms with E-state index in [1.165, 1.54) is 0 Å². The Morgan fingerprint density at radius 2 is 2.00 bits per heavy atom. The van der Waals surface area contributed by atoms with E-state index in [1.807, 2.05) is 24.5 Å². The molecule has 0 saturated heterocycles. The van der Waals surface area contributed by atoms with E-state index in [0.29, 0.717) is 16.6 Å². The van der Waals surface area contributed by atoms with Gasteiger partial charge in [0.1, 0.15) is 0 Å². The molecule has 2 nitrogen and oxygen atoms in total. The van der Waals surface area contributed by atoms with Crippen molar-refractivity contribution in [3.63, 3.8) is 0 Å². The maximum Gasteiger partial charge on any atom is 0.156 e. The van der Waals surface area contributed by atoms with Crippen molar-refractivity contribution in [3.05, 3.63) is 33.8 Å². The summed E-state index contributed by atoms with van der Waals surface area (Å²) in [6, 6.07) is 5.65. The minimum atomic E-state index is 0. The largest absolute Gasteiger partial charge is 0.356 e. The van der Waals surface area contributed by atoms with Crippen molar-refractivity contribution in [2.75, 3.05) is 12.8 Å². The number of nitrogens with one attached hydrogen (secondary N) is 1. The molecule has 0 aromatic heterocycles. The number of benzene rings is 1. The Kier molecular flexibility index (Phi) is 5.70. The molecule has 2 rings (SSSR count). The summed E-state index contributed by atoms with van der Waals surface area (Å²) in [5, 5.41) is 5.61. The summed E-state index contributed by atoms with van der Waals surface area (Å²) < 4.78 is 0. The molecule has 0 fully saturated rings. The lowest BCUT2D eigenvalue weighted by molar-refractivity contribution is 0.712. The number of amidine groups is 1. The summed E-state index contributed by atoms with van der Waals surface area (Å²) in [5.74, 6) is 0. The Morgan fingerprint density at radius 1 is 1.38 bits per heavy atom. The molecule has 0 saturated carbocycles. The third-order valence-electron chi connectivity index (χ3n) is 2.26. The van der Waals surface area contributed by atoms with Gasteiger partial charge in [-0.2, -0.15) is 0 Å². The van der Waals surface area contributed by atoms with Crippen LogP contribution in [0.25, 0.3) is 0 Å². The highest BCUT2D eigenvalue weighted by molar-refractivity contribution is 14.0. The predicted molar refractivity (Wildman–Crippen MR) is 83.6 cm³/mol. The zero-order valence-electron chi connectivity index (χ0n) is 8.54. The van der Waals surface area contributed by atoms with Crippen molar-refractivity contribution < 1.29 is 0 Å². The molecule has 1 N–H and O–H groups in total. The molecule has 1 unspecified atom stereocenters. The maximum absolute atomic E-state index is 6.12. The predicted octanol–water partition coefficient (Wildman–Crippen LogP) is 3.97. The van der Waals surface area contributed by atoms with Crippen LogP contribution in [0.2, 0.25) is 10.0 Å². The van der Waals surface area contributed by atoms with Gasteiger partial charge in [-0.05, 0) is 18.4 Å². The van der Waals surface area contributed by atoms with Gasteiger partial charge < -0.3 is 5.32 Å². The van der Waals surface area contributed by atoms with Crippen LogP contribution in [0.15, 0.2) is 23.2 Å². The van der Waals surface area contributed by atoms with Crippen LogP contribution in [-0.4, -0.2) is 18.0 Å². The lowest BCUT2D eigenvalue weighted by atomic mass is 10.1. The normalized spacial score (nSPS) is 18.7. The second kappa shape index (κ2) is 6.33. The Bertz CT molecular complexity index is 392. The molecular weight excluding hydrogens is 378 g/mol. The van der Waals surface area contributed by atoms with Crippen LogP contribution in [-0.2, 0) is 0 Å². The number of aliphatic imine (C=N–C) groups is 1. The highest BCUT2D eigenvalue weighted by Gasteiger charge is 2.22. The Hall–Kier alpha value is 0.350. The van der Waals surface area contributed by atoms with Gasteiger partial charge in [-0.1, -0.05) is 41.0 Å². The van der Waals surface area contributed by atoms with Gasteiger partial charge in [-0.3, -0.25) is 4.99 Å². The molecule has 1 atom stereocenters. The second-order valence-electron chi connectivity index (χ2n) is 3.18. The summed E-state index contributed by atoms with van der Waals surface area (Å²) in [4.78, 5) is 4.35. The fourth-order valence-electron chi connectivity index (χ4n) is 1.55. The van der Waals surface area contributed by atoms with Crippen molar-refractivity contribution in [3.8, 4) is 0 Å². The van der Waals surface area contributed by atoms with Crippen LogP contribution < -0.4 is 5.32 Å². The number of nitrogens with zero attached hydrogens (tertiary/aromatic N) is 1. The van der Waals surface area contributed by atoms with E-state index in [2.05, 4.69) is 10.3 Å². The van der Waals surface area contributed by atoms with Gasteiger partial charge in [0.25, 0.3) is 0 Å². The van der Waals surface area contributed by atoms with Crippen LogP contribution in [0.1, 0.15) is 11.6 Å². The molecule has 0 aliphatic carbocycles. The quantitative estimate of drug-likeness (QED) is 0.736. The minimum Gasteiger partial charge on any atom is -0.356 e. The van der Waals surface area contributed by atoms with Crippen LogP contribution in [0.5, 0.6) is 0 Å². The van der Waals surface area contributed by atoms with Gasteiger partial charge in [0.05, 0.1) is 12.6 Å². The first-order valence-corrected chi connectivity index (χ1v) is 6.49. The zero-order valence-corrected chi connectivity index (χ0v) is 13.2. The van der Waals surface area contributed by atoms with Gasteiger partial charge in [0.15, 0.2) is 5.17 Å². The SMILES string of the molecule is CSC1=NCC(c2c(Cl)cccc2Cl)N1.I. The molecule has 1 aromatic rings. The van der Waals surface area contributed by atoms with E-state index < -0.39 is 0 Å². The molecule has 0 radical (unpaired) electrons. The Morgan fingerprint density at radius 3 is 2.50 bits per heavy atom. The molecule has 1 aliphatic rings. The molecule has 6 heteroatoms. The average Bonchev–Trinajstić information content (AvgIpc) is 2.66. The van der Waals surface area contributed by atoms with Gasteiger partial charge in [0.2, 0.25) is 0 Å². The highest BCUT2D eigenvalue weighted by atomic mass is 127. The lowest BCUT2D eigenvalue weighted by Gasteiger charge is -2.14. The first-order valence-electron chi connectivity index (χ1n) is 4.51. The lowest BCUT2D eigenvalue weighted by Crippen LogP contribution is -2.21. The fourth-order valence-corrected chi connectivity index (χ4v) is 2.67. The number of hydrogen-bond acceptors (Lipinski definition) is 3. The molecule has 1 aromatic carbocycles. The van der Waals surface area contributed by atoms with Gasteiger partial charge in [-0.15, -0.1) is 24.0 Å². The summed E-state index contributed by atoms with van der Waals surface area (Å²) in [6.07, 6.45) is 1.99. The monoisotopic (exact) mass is 388 g/mol. The van der Waals surface area contributed by atoms with Crippen molar-refractivity contribution in [1.82, 2.24) is 5.32 Å². The van der Waals surface area contributed by atoms with Crippen molar-refractivity contribution in [2.24, 2.45) is 4.99 Å². The molecule has 16 heavy (non-hydrogen) atoms. The topological polar surface area (TPSA) is 24.4 Å². The zero-order chi connectivity index (χ0) is 10.8. The summed E-state index contributed by atoms with van der Waals surface area (Å²) in [6.45, 7) is 0.694. The van der Waals surface area contributed by atoms with Crippen LogP contribution in [0.3, 0.4) is 0 Å². The van der Waals surface area contributed by atoms with Gasteiger partial charge >= 0.3 is 0 Å². The van der Waals surface area contributed by atoms with Gasteiger partial charge in [-0.25, -0.2) is 0 Å². The van der Waals surface area contributed by atoms with E-state index in [-0.39, 0.29) is 30.0 Å². The van der Waals surface area contributed by atoms with E-state index in [0.717, 1.165) is 10.7 Å². The Labute approximate surface area is 126 Å². The molecule has 0 amide bonds. The van der Waals surface area contributed by atoms with Crippen LogP contribution in [0.4, 0.5) is 0 Å². The number of rotatable bonds is 1. The standard InChI is InChI=1S/C10H10Cl2N2S.HI/c1-15-10-13-5-8(14-10)9-6(11)3-2-4-7(9)12;/h2-4,8H,5H2,1H3,(H,13,14);1H. The molecule has 0 spiro atoms. The molecule has 88 valence electrons. The first-order chi connectivity index (χ1) is 7.22. The fraction of sp³-hybridized carbons (Fsp3) is 0.300. The van der Waals surface area contributed by atoms with Crippen molar-refractivity contribution >= 4 is 64.1 Å². The smallest absolute Gasteiger partial charge is 0.156 e. The number of halogens is 3. The van der Waals surface area contributed by atoms with Gasteiger partial charge in [0, 0.05) is 15.6 Å². The second-order valence-corrected chi connectivity index (χ2v) is 4.79. The van der Waals surface area contributed by atoms with E-state index in [9.17, 15) is 0 Å². The van der Waals surface area contributed by atoms with Crippen LogP contribution in [0, 0.1) is 0 Å². The minimum absolute atomic E-state index is 0. The number of thioether (sulfide) groups is 1. The summed E-state index contributed by atoms with van der Waals surface area (Å²) in [7, 11) is 0. The first kappa shape index (κ1) is 14.4. The summed E-state index contributed by atoms with van der Waals surface area (Å²) >= 11 is 13.8. The summed E-state index contributed by atoms with van der Waals surface area (Å²) in [5.41, 5.74) is 0.939. The molecule has 1 heterocycles. The Balaban J connectivity index is 0.00000128. The van der Waals surface area contributed by atoms with E-state index in [4.69, 9.17) is 23.2 Å². The molecular formula is C10H11Cl2IN2S. The van der Waals surface area contributed by atoms with Crippen molar-refractivity contribution in [2.45, 2.75) is 6.04 Å². The number of hydrogen-bond donors (Lipinski definition) is 1. The van der Waals surface area contributed by atoms with Crippen molar-refractivity contribution in [1.29, 1.82) is 0 Å². The van der Waals surface area contributed by atoms with E-state index in [1.54, 1.807) is 11.8 Å². The maximum atomic E-state index is 6.12. The third-order valence-corrected chi connectivity index (χ3v) is 3.55. The average molecular weight is 389 g/mol. The van der Waals surface area contributed by atoms with Crippen LogP contribution >= 0.6 is 58.9 Å². The third kappa shape index (κ3) is 2.97. The molecule has 1 aliphatic heterocycles.